The zero-order valence-corrected chi connectivity index (χ0v) is 16.6. The molecule has 2 aromatic rings. The fourth-order valence-electron chi connectivity index (χ4n) is 3.03. The van der Waals surface area contributed by atoms with Gasteiger partial charge in [0.1, 0.15) is 6.26 Å². The Hall–Kier alpha value is -1.56. The van der Waals surface area contributed by atoms with Crippen LogP contribution in [-0.4, -0.2) is 39.8 Å². The van der Waals surface area contributed by atoms with Crippen LogP contribution in [-0.2, 0) is 13.1 Å². The van der Waals surface area contributed by atoms with E-state index in [4.69, 9.17) is 27.6 Å². The molecule has 0 saturated carbocycles. The molecule has 0 unspecified atom stereocenters. The van der Waals surface area contributed by atoms with E-state index >= 15 is 0 Å². The Morgan fingerprint density at radius 1 is 1.27 bits per heavy atom. The Labute approximate surface area is 163 Å². The highest BCUT2D eigenvalue weighted by atomic mass is 35.5. The Kier molecular flexibility index (Phi) is 6.22. The monoisotopic (exact) mass is 395 g/mol. The fourth-order valence-corrected chi connectivity index (χ4v) is 3.50. The van der Waals surface area contributed by atoms with Crippen LogP contribution in [0.2, 0.25) is 10.0 Å². The minimum atomic E-state index is -0.0469. The maximum Gasteiger partial charge on any atom is 0.275 e. The van der Waals surface area contributed by atoms with Crippen molar-refractivity contribution in [2.24, 2.45) is 0 Å². The third kappa shape index (κ3) is 4.58. The van der Waals surface area contributed by atoms with E-state index in [-0.39, 0.29) is 11.9 Å². The molecule has 1 aliphatic heterocycles. The Morgan fingerprint density at radius 3 is 2.65 bits per heavy atom. The second kappa shape index (κ2) is 8.42. The van der Waals surface area contributed by atoms with E-state index in [0.29, 0.717) is 34.7 Å². The zero-order valence-electron chi connectivity index (χ0n) is 15.0. The molecule has 1 fully saturated rings. The first-order valence-electron chi connectivity index (χ1n) is 8.85. The van der Waals surface area contributed by atoms with Crippen molar-refractivity contribution in [1.29, 1.82) is 0 Å². The van der Waals surface area contributed by atoms with Crippen LogP contribution >= 0.6 is 23.2 Å². The molecule has 0 N–H and O–H groups in total. The second-order valence-electron chi connectivity index (χ2n) is 6.86. The summed E-state index contributed by atoms with van der Waals surface area (Å²) in [5.74, 6) is 0.487. The summed E-state index contributed by atoms with van der Waals surface area (Å²) < 4.78 is 5.56. The van der Waals surface area contributed by atoms with Gasteiger partial charge in [-0.2, -0.15) is 0 Å². The molecule has 0 radical (unpaired) electrons. The number of hydrogen-bond donors (Lipinski definition) is 0. The van der Waals surface area contributed by atoms with Gasteiger partial charge in [-0.05, 0) is 44.4 Å². The molecule has 1 aliphatic rings. The molecule has 1 aromatic carbocycles. The number of amides is 1. The average Bonchev–Trinajstić information content (AvgIpc) is 3.27. The van der Waals surface area contributed by atoms with Crippen LogP contribution in [0.5, 0.6) is 0 Å². The van der Waals surface area contributed by atoms with Crippen LogP contribution in [0.4, 0.5) is 0 Å². The van der Waals surface area contributed by atoms with Crippen molar-refractivity contribution in [3.05, 3.63) is 51.7 Å². The summed E-state index contributed by atoms with van der Waals surface area (Å²) in [5, 5.41) is 1.26. The van der Waals surface area contributed by atoms with Crippen molar-refractivity contribution >= 4 is 29.1 Å². The van der Waals surface area contributed by atoms with Crippen molar-refractivity contribution in [3.63, 3.8) is 0 Å². The lowest BCUT2D eigenvalue weighted by atomic mass is 10.2. The summed E-state index contributed by atoms with van der Waals surface area (Å²) in [7, 11) is 0. The van der Waals surface area contributed by atoms with Crippen LogP contribution < -0.4 is 0 Å². The molecule has 5 nitrogen and oxygen atoms in total. The summed E-state index contributed by atoms with van der Waals surface area (Å²) in [5.41, 5.74) is 1.37. The van der Waals surface area contributed by atoms with Crippen molar-refractivity contribution in [2.45, 2.75) is 45.8 Å². The molecular formula is C19H23Cl2N3O2. The smallest absolute Gasteiger partial charge is 0.275 e. The van der Waals surface area contributed by atoms with E-state index in [1.165, 1.54) is 6.26 Å². The molecule has 26 heavy (non-hydrogen) atoms. The SMILES string of the molecule is CC(C)N(Cc1nc(C(=O)N2CCCC2)co1)Cc1ccc(Cl)cc1Cl. The first kappa shape index (κ1) is 19.2. The predicted molar refractivity (Wildman–Crippen MR) is 102 cm³/mol. The van der Waals surface area contributed by atoms with Gasteiger partial charge in [-0.25, -0.2) is 4.98 Å². The minimum absolute atomic E-state index is 0.0469. The zero-order chi connectivity index (χ0) is 18.7. The van der Waals surface area contributed by atoms with Gasteiger partial charge in [0.25, 0.3) is 5.91 Å². The van der Waals surface area contributed by atoms with Crippen molar-refractivity contribution in [2.75, 3.05) is 13.1 Å². The summed E-state index contributed by atoms with van der Waals surface area (Å²) in [6, 6.07) is 5.76. The molecular weight excluding hydrogens is 373 g/mol. The van der Waals surface area contributed by atoms with Gasteiger partial charge >= 0.3 is 0 Å². The molecule has 0 bridgehead atoms. The summed E-state index contributed by atoms with van der Waals surface area (Å²) in [6.45, 7) is 6.95. The fraction of sp³-hybridized carbons (Fsp3) is 0.474. The number of nitrogens with zero attached hydrogens (tertiary/aromatic N) is 3. The highest BCUT2D eigenvalue weighted by Crippen LogP contribution is 2.24. The summed E-state index contributed by atoms with van der Waals surface area (Å²) in [4.78, 5) is 20.8. The lowest BCUT2D eigenvalue weighted by Crippen LogP contribution is -2.30. The lowest BCUT2D eigenvalue weighted by Gasteiger charge is -2.25. The largest absolute Gasteiger partial charge is 0.447 e. The quantitative estimate of drug-likeness (QED) is 0.715. The third-order valence-electron chi connectivity index (χ3n) is 4.62. The van der Waals surface area contributed by atoms with Crippen molar-refractivity contribution in [3.8, 4) is 0 Å². The van der Waals surface area contributed by atoms with E-state index in [9.17, 15) is 4.79 Å². The van der Waals surface area contributed by atoms with Gasteiger partial charge in [0.15, 0.2) is 5.69 Å². The number of rotatable bonds is 6. The van der Waals surface area contributed by atoms with Crippen LogP contribution in [0, 0.1) is 0 Å². The first-order chi connectivity index (χ1) is 12.4. The predicted octanol–water partition coefficient (Wildman–Crippen LogP) is 4.63. The van der Waals surface area contributed by atoms with Gasteiger partial charge < -0.3 is 9.32 Å². The molecule has 0 aliphatic carbocycles. The normalized spacial score (nSPS) is 14.6. The molecule has 1 amide bonds. The molecule has 3 rings (SSSR count). The van der Waals surface area contributed by atoms with Gasteiger partial charge in [0.2, 0.25) is 5.89 Å². The van der Waals surface area contributed by atoms with Gasteiger partial charge in [-0.15, -0.1) is 0 Å². The van der Waals surface area contributed by atoms with Crippen LogP contribution in [0.15, 0.2) is 28.9 Å². The van der Waals surface area contributed by atoms with Crippen molar-refractivity contribution < 1.29 is 9.21 Å². The number of carbonyl (C=O) groups is 1. The Bertz CT molecular complexity index is 770. The molecule has 2 heterocycles. The number of halogens is 2. The Balaban J connectivity index is 1.69. The topological polar surface area (TPSA) is 49.6 Å². The number of oxazole rings is 1. The standard InChI is InChI=1S/C19H23Cl2N3O2/c1-13(2)24(10-14-5-6-15(20)9-16(14)21)11-18-22-17(12-26-18)19(25)23-7-3-4-8-23/h5-6,9,12-13H,3-4,7-8,10-11H2,1-2H3. The molecule has 140 valence electrons. The van der Waals surface area contributed by atoms with E-state index in [2.05, 4.69) is 23.7 Å². The molecule has 1 saturated heterocycles. The van der Waals surface area contributed by atoms with E-state index < -0.39 is 0 Å². The van der Waals surface area contributed by atoms with Crippen LogP contribution in [0.3, 0.4) is 0 Å². The third-order valence-corrected chi connectivity index (χ3v) is 5.21. The van der Waals surface area contributed by atoms with Gasteiger partial charge in [-0.3, -0.25) is 9.69 Å². The van der Waals surface area contributed by atoms with E-state index in [1.54, 1.807) is 6.07 Å². The lowest BCUT2D eigenvalue weighted by molar-refractivity contribution is 0.0787. The number of hydrogen-bond acceptors (Lipinski definition) is 4. The average molecular weight is 396 g/mol. The summed E-state index contributed by atoms with van der Waals surface area (Å²) >= 11 is 12.3. The highest BCUT2D eigenvalue weighted by Gasteiger charge is 2.23. The van der Waals surface area contributed by atoms with Gasteiger partial charge in [0.05, 0.1) is 6.54 Å². The molecule has 0 atom stereocenters. The maximum atomic E-state index is 12.4. The molecule has 0 spiro atoms. The number of likely N-dealkylation sites (tertiary alicyclic amines) is 1. The Morgan fingerprint density at radius 2 is 2.00 bits per heavy atom. The number of benzene rings is 1. The van der Waals surface area contributed by atoms with E-state index in [0.717, 1.165) is 31.5 Å². The maximum absolute atomic E-state index is 12.4. The van der Waals surface area contributed by atoms with Crippen LogP contribution in [0.25, 0.3) is 0 Å². The minimum Gasteiger partial charge on any atom is -0.447 e. The summed E-state index contributed by atoms with van der Waals surface area (Å²) in [6.07, 6.45) is 3.57. The van der Waals surface area contributed by atoms with Crippen LogP contribution in [0.1, 0.15) is 48.6 Å². The van der Waals surface area contributed by atoms with E-state index in [1.807, 2.05) is 17.0 Å². The van der Waals surface area contributed by atoms with Crippen molar-refractivity contribution in [1.82, 2.24) is 14.8 Å². The van der Waals surface area contributed by atoms with Gasteiger partial charge in [0, 0.05) is 35.7 Å². The number of aromatic nitrogens is 1. The highest BCUT2D eigenvalue weighted by molar-refractivity contribution is 6.35. The molecule has 1 aromatic heterocycles. The number of carbonyl (C=O) groups excluding carboxylic acids is 1. The second-order valence-corrected chi connectivity index (χ2v) is 7.70. The molecule has 7 heteroatoms. The first-order valence-corrected chi connectivity index (χ1v) is 9.61. The van der Waals surface area contributed by atoms with Gasteiger partial charge in [-0.1, -0.05) is 29.3 Å².